The van der Waals surface area contributed by atoms with Crippen molar-refractivity contribution in [2.75, 3.05) is 5.32 Å². The highest BCUT2D eigenvalue weighted by molar-refractivity contribution is 9.10. The molecular formula is C24H20BrF6N9O2. The van der Waals surface area contributed by atoms with Crippen LogP contribution in [0, 0.1) is 6.92 Å². The first-order chi connectivity index (χ1) is 19.6. The molecule has 2 N–H and O–H groups in total. The summed E-state index contributed by atoms with van der Waals surface area (Å²) in [6.07, 6.45) is -8.83. The van der Waals surface area contributed by atoms with Crippen molar-refractivity contribution in [1.29, 1.82) is 0 Å². The number of aryl methyl sites for hydroxylation is 1. The molecule has 0 unspecified atom stereocenters. The van der Waals surface area contributed by atoms with E-state index in [4.69, 9.17) is 0 Å². The number of nitrogens with one attached hydrogen (secondary N) is 2. The zero-order chi connectivity index (χ0) is 31.0. The van der Waals surface area contributed by atoms with Gasteiger partial charge in [-0.25, -0.2) is 14.3 Å². The molecule has 0 radical (unpaired) electrons. The number of carbonyl (C=O) groups is 2. The van der Waals surface area contributed by atoms with Crippen LogP contribution in [0.15, 0.2) is 41.0 Å². The molecule has 0 atom stereocenters. The Morgan fingerprint density at radius 2 is 1.76 bits per heavy atom. The largest absolute Gasteiger partial charge is 0.453 e. The quantitative estimate of drug-likeness (QED) is 0.272. The van der Waals surface area contributed by atoms with Gasteiger partial charge in [-0.3, -0.25) is 9.59 Å². The summed E-state index contributed by atoms with van der Waals surface area (Å²) in [5.41, 5.74) is -1.55. The minimum absolute atomic E-state index is 0.0486. The van der Waals surface area contributed by atoms with E-state index in [0.717, 1.165) is 18.3 Å². The normalized spacial score (nSPS) is 12.1. The molecule has 0 saturated carbocycles. The molecule has 0 fully saturated rings. The minimum Gasteiger partial charge on any atom is -0.350 e. The van der Waals surface area contributed by atoms with Gasteiger partial charge in [0.1, 0.15) is 11.3 Å². The van der Waals surface area contributed by atoms with E-state index < -0.39 is 53.6 Å². The summed E-state index contributed by atoms with van der Waals surface area (Å²) in [5, 5.41) is 18.4. The third kappa shape index (κ3) is 6.58. The number of alkyl halides is 6. The van der Waals surface area contributed by atoms with E-state index in [1.54, 1.807) is 26.8 Å². The third-order valence-corrected chi connectivity index (χ3v) is 6.04. The Labute approximate surface area is 241 Å². The molecule has 0 aliphatic carbocycles. The second kappa shape index (κ2) is 11.5. The molecule has 0 bridgehead atoms. The molecule has 222 valence electrons. The number of anilines is 1. The second-order valence-electron chi connectivity index (χ2n) is 9.19. The monoisotopic (exact) mass is 659 g/mol. The first-order valence-corrected chi connectivity index (χ1v) is 12.7. The van der Waals surface area contributed by atoms with Gasteiger partial charge < -0.3 is 10.6 Å². The van der Waals surface area contributed by atoms with Crippen molar-refractivity contribution in [3.8, 4) is 5.82 Å². The van der Waals surface area contributed by atoms with Crippen molar-refractivity contribution in [2.45, 2.75) is 45.7 Å². The number of amides is 2. The number of tetrazole rings is 1. The van der Waals surface area contributed by atoms with Crippen LogP contribution in [0.2, 0.25) is 0 Å². The number of halogens is 7. The lowest BCUT2D eigenvalue weighted by Crippen LogP contribution is -2.31. The summed E-state index contributed by atoms with van der Waals surface area (Å²) in [6.45, 7) is 4.29. The van der Waals surface area contributed by atoms with Crippen molar-refractivity contribution in [1.82, 2.24) is 40.3 Å². The van der Waals surface area contributed by atoms with E-state index in [2.05, 4.69) is 52.2 Å². The van der Waals surface area contributed by atoms with Gasteiger partial charge in [-0.1, -0.05) is 15.9 Å². The number of carbonyl (C=O) groups excluding carboxylic acids is 2. The van der Waals surface area contributed by atoms with Gasteiger partial charge in [0.05, 0.1) is 23.5 Å². The molecule has 0 spiro atoms. The number of hydrogen-bond acceptors (Lipinski definition) is 7. The lowest BCUT2D eigenvalue weighted by atomic mass is 10.1. The zero-order valence-electron chi connectivity index (χ0n) is 21.8. The Kier molecular flexibility index (Phi) is 8.38. The fourth-order valence-corrected chi connectivity index (χ4v) is 4.46. The first-order valence-electron chi connectivity index (χ1n) is 11.9. The van der Waals surface area contributed by atoms with Gasteiger partial charge in [-0.15, -0.1) is 5.10 Å². The highest BCUT2D eigenvalue weighted by Gasteiger charge is 2.39. The van der Waals surface area contributed by atoms with E-state index in [0.29, 0.717) is 25.5 Å². The molecule has 2 amide bonds. The second-order valence-corrected chi connectivity index (χ2v) is 10.1. The fourth-order valence-electron chi connectivity index (χ4n) is 3.89. The number of benzene rings is 1. The number of nitrogens with zero attached hydrogens (tertiary/aromatic N) is 7. The van der Waals surface area contributed by atoms with Gasteiger partial charge in [0.2, 0.25) is 0 Å². The van der Waals surface area contributed by atoms with Crippen molar-refractivity contribution in [2.24, 2.45) is 0 Å². The minimum atomic E-state index is -4.94. The van der Waals surface area contributed by atoms with Crippen LogP contribution in [0.4, 0.5) is 32.0 Å². The Hall–Kier alpha value is -4.35. The van der Waals surface area contributed by atoms with E-state index >= 15 is 0 Å². The topological polar surface area (TPSA) is 133 Å². The van der Waals surface area contributed by atoms with Gasteiger partial charge in [-0.05, 0) is 67.1 Å². The van der Waals surface area contributed by atoms with Gasteiger partial charge in [0.25, 0.3) is 17.6 Å². The molecular weight excluding hydrogens is 640 g/mol. The maximum atomic E-state index is 13.9. The number of hydrogen-bond donors (Lipinski definition) is 2. The molecule has 4 rings (SSSR count). The highest BCUT2D eigenvalue weighted by Crippen LogP contribution is 2.34. The van der Waals surface area contributed by atoms with Gasteiger partial charge >= 0.3 is 12.4 Å². The summed E-state index contributed by atoms with van der Waals surface area (Å²) in [7, 11) is 0. The van der Waals surface area contributed by atoms with Crippen molar-refractivity contribution >= 4 is 33.4 Å². The maximum Gasteiger partial charge on any atom is 0.453 e. The Morgan fingerprint density at radius 1 is 1.05 bits per heavy atom. The Bertz CT molecular complexity index is 1650. The Balaban J connectivity index is 1.84. The van der Waals surface area contributed by atoms with Crippen LogP contribution in [0.3, 0.4) is 0 Å². The first kappa shape index (κ1) is 30.6. The van der Waals surface area contributed by atoms with E-state index in [9.17, 15) is 35.9 Å². The van der Waals surface area contributed by atoms with Gasteiger partial charge in [0, 0.05) is 16.7 Å². The Morgan fingerprint density at radius 3 is 2.40 bits per heavy atom. The summed E-state index contributed by atoms with van der Waals surface area (Å²) in [6, 6.07) is 5.50. The van der Waals surface area contributed by atoms with Crippen LogP contribution < -0.4 is 10.6 Å². The van der Waals surface area contributed by atoms with Crippen LogP contribution >= 0.6 is 15.9 Å². The van der Waals surface area contributed by atoms with Gasteiger partial charge in [0.15, 0.2) is 5.82 Å². The van der Waals surface area contributed by atoms with E-state index in [1.165, 1.54) is 6.07 Å². The smallest absolute Gasteiger partial charge is 0.350 e. The van der Waals surface area contributed by atoms with E-state index in [1.807, 2.05) is 0 Å². The molecule has 42 heavy (non-hydrogen) atoms. The van der Waals surface area contributed by atoms with Crippen LogP contribution in [0.5, 0.6) is 0 Å². The van der Waals surface area contributed by atoms with Crippen LogP contribution in [0.1, 0.15) is 57.3 Å². The summed E-state index contributed by atoms with van der Waals surface area (Å²) in [5.74, 6) is -3.85. The summed E-state index contributed by atoms with van der Waals surface area (Å²) >= 11 is 3.29. The lowest BCUT2D eigenvalue weighted by Gasteiger charge is -2.17. The summed E-state index contributed by atoms with van der Waals surface area (Å²) < 4.78 is 82.9. The summed E-state index contributed by atoms with van der Waals surface area (Å²) in [4.78, 5) is 30.2. The van der Waals surface area contributed by atoms with Crippen LogP contribution in [0.25, 0.3) is 5.82 Å². The molecule has 18 heteroatoms. The van der Waals surface area contributed by atoms with Crippen LogP contribution in [-0.4, -0.2) is 52.8 Å². The molecule has 4 aromatic rings. The number of aromatic nitrogens is 7. The molecule has 3 aromatic heterocycles. The van der Waals surface area contributed by atoms with Crippen molar-refractivity contribution in [3.05, 3.63) is 74.9 Å². The van der Waals surface area contributed by atoms with Gasteiger partial charge in [-0.2, -0.15) is 31.4 Å². The standard InChI is InChI=1S/C24H20BrF6N9O2/c1-11(2)33-20(41)15-8-13(25)7-12(3)18(15)34-21(42)17-9-14(10-39-22(24(29,30)31)35-37-38-39)36-40(17)19-16(23(26,27)28)5-4-6-32-19/h4-9,11H,10H2,1-3H3,(H,33,41)(H,34,42). The molecule has 3 heterocycles. The fraction of sp³-hybridized carbons (Fsp3) is 0.292. The molecule has 1 aromatic carbocycles. The predicted octanol–water partition coefficient (Wildman–Crippen LogP) is 4.80. The third-order valence-electron chi connectivity index (χ3n) is 5.59. The average Bonchev–Trinajstić information content (AvgIpc) is 3.52. The van der Waals surface area contributed by atoms with Crippen molar-refractivity contribution in [3.63, 3.8) is 0 Å². The average molecular weight is 660 g/mol. The number of pyridine rings is 1. The molecule has 11 nitrogen and oxygen atoms in total. The molecule has 0 saturated heterocycles. The predicted molar refractivity (Wildman–Crippen MR) is 138 cm³/mol. The van der Waals surface area contributed by atoms with Crippen molar-refractivity contribution < 1.29 is 35.9 Å². The highest BCUT2D eigenvalue weighted by atomic mass is 79.9. The van der Waals surface area contributed by atoms with Crippen LogP contribution in [-0.2, 0) is 18.9 Å². The lowest BCUT2D eigenvalue weighted by molar-refractivity contribution is -0.147. The SMILES string of the molecule is Cc1cc(Br)cc(C(=O)NC(C)C)c1NC(=O)c1cc(Cn2nnnc2C(F)(F)F)nn1-c1ncccc1C(F)(F)F. The number of rotatable bonds is 7. The maximum absolute atomic E-state index is 13.9. The molecule has 0 aliphatic heterocycles. The van der Waals surface area contributed by atoms with E-state index in [-0.39, 0.29) is 23.0 Å². The zero-order valence-corrected chi connectivity index (χ0v) is 23.4. The molecule has 0 aliphatic rings.